The van der Waals surface area contributed by atoms with E-state index < -0.39 is 0 Å². The van der Waals surface area contributed by atoms with Gasteiger partial charge in [-0.05, 0) is 55.6 Å². The van der Waals surface area contributed by atoms with Crippen LogP contribution in [0.4, 0.5) is 0 Å². The van der Waals surface area contributed by atoms with E-state index >= 15 is 0 Å². The molecule has 0 heterocycles. The first-order chi connectivity index (χ1) is 15.8. The lowest BCUT2D eigenvalue weighted by Gasteiger charge is -2.18. The van der Waals surface area contributed by atoms with Crippen LogP contribution in [0, 0.1) is 0 Å². The maximum absolute atomic E-state index is 5.68. The molecule has 6 rings (SSSR count). The first-order valence-corrected chi connectivity index (χ1v) is 10.8. The maximum atomic E-state index is 5.68. The van der Waals surface area contributed by atoms with Crippen molar-refractivity contribution in [1.29, 1.82) is 0 Å². The number of rotatable bonds is 4. The molecule has 2 nitrogen and oxygen atoms in total. The molecular weight excluding hydrogens is 392 g/mol. The zero-order valence-electron chi connectivity index (χ0n) is 18.1. The van der Waals surface area contributed by atoms with E-state index in [2.05, 4.69) is 72.8 Å². The van der Waals surface area contributed by atoms with Crippen molar-refractivity contribution in [3.8, 4) is 33.8 Å². The molecular formula is C30H22O2. The minimum atomic E-state index is 0.886. The van der Waals surface area contributed by atoms with Gasteiger partial charge in [-0.3, -0.25) is 0 Å². The minimum Gasteiger partial charge on any atom is -0.496 e. The second kappa shape index (κ2) is 7.28. The van der Waals surface area contributed by atoms with Crippen LogP contribution in [0.3, 0.4) is 0 Å². The fraction of sp³-hybridized carbons (Fsp3) is 0.0667. The number of methoxy groups -OCH3 is 2. The van der Waals surface area contributed by atoms with Gasteiger partial charge >= 0.3 is 0 Å². The van der Waals surface area contributed by atoms with Crippen molar-refractivity contribution >= 4 is 32.3 Å². The highest BCUT2D eigenvalue weighted by Gasteiger charge is 2.17. The number of hydrogen-bond acceptors (Lipinski definition) is 2. The fourth-order valence-corrected chi connectivity index (χ4v) is 5.01. The van der Waals surface area contributed by atoms with Crippen LogP contribution in [0.1, 0.15) is 0 Å². The highest BCUT2D eigenvalue weighted by Crippen LogP contribution is 2.44. The highest BCUT2D eigenvalue weighted by atomic mass is 16.5. The SMILES string of the molecule is COc1ccccc1-c1ccc2ccc3c(-c4ccccc4OC)ccc4ccc1c2c43. The summed E-state index contributed by atoms with van der Waals surface area (Å²) in [6.45, 7) is 0. The Bertz CT molecular complexity index is 1470. The highest BCUT2D eigenvalue weighted by molar-refractivity contribution is 6.27. The summed E-state index contributed by atoms with van der Waals surface area (Å²) < 4.78 is 11.4. The number of para-hydroxylation sites is 2. The van der Waals surface area contributed by atoms with Crippen molar-refractivity contribution in [3.63, 3.8) is 0 Å². The van der Waals surface area contributed by atoms with Crippen molar-refractivity contribution < 1.29 is 9.47 Å². The number of hydrogen-bond donors (Lipinski definition) is 0. The molecule has 0 aliphatic heterocycles. The molecule has 0 radical (unpaired) electrons. The molecule has 32 heavy (non-hydrogen) atoms. The summed E-state index contributed by atoms with van der Waals surface area (Å²) in [4.78, 5) is 0. The van der Waals surface area contributed by atoms with Gasteiger partial charge in [0.1, 0.15) is 11.5 Å². The predicted octanol–water partition coefficient (Wildman–Crippen LogP) is 7.94. The van der Waals surface area contributed by atoms with E-state index in [9.17, 15) is 0 Å². The molecule has 0 bridgehead atoms. The summed E-state index contributed by atoms with van der Waals surface area (Å²) in [5, 5.41) is 7.55. The molecule has 0 fully saturated rings. The van der Waals surface area contributed by atoms with Crippen molar-refractivity contribution in [1.82, 2.24) is 0 Å². The van der Waals surface area contributed by atoms with Crippen LogP contribution in [-0.2, 0) is 0 Å². The summed E-state index contributed by atoms with van der Waals surface area (Å²) >= 11 is 0. The average Bonchev–Trinajstić information content (AvgIpc) is 2.87. The van der Waals surface area contributed by atoms with E-state index in [-0.39, 0.29) is 0 Å². The van der Waals surface area contributed by atoms with Crippen LogP contribution in [0.15, 0.2) is 97.1 Å². The smallest absolute Gasteiger partial charge is 0.126 e. The summed E-state index contributed by atoms with van der Waals surface area (Å²) in [6, 6.07) is 34.3. The average molecular weight is 415 g/mol. The molecule has 6 aromatic carbocycles. The Morgan fingerprint density at radius 1 is 0.406 bits per heavy atom. The van der Waals surface area contributed by atoms with E-state index in [4.69, 9.17) is 9.47 Å². The van der Waals surface area contributed by atoms with Crippen molar-refractivity contribution in [3.05, 3.63) is 97.1 Å². The molecule has 0 saturated carbocycles. The largest absolute Gasteiger partial charge is 0.496 e. The van der Waals surface area contributed by atoms with Gasteiger partial charge in [0.15, 0.2) is 0 Å². The van der Waals surface area contributed by atoms with Gasteiger partial charge in [0.2, 0.25) is 0 Å². The topological polar surface area (TPSA) is 18.5 Å². The lowest BCUT2D eigenvalue weighted by Crippen LogP contribution is -1.92. The van der Waals surface area contributed by atoms with E-state index in [0.717, 1.165) is 22.6 Å². The predicted molar refractivity (Wildman–Crippen MR) is 134 cm³/mol. The molecule has 0 spiro atoms. The van der Waals surface area contributed by atoms with Crippen LogP contribution in [0.5, 0.6) is 11.5 Å². The second-order valence-electron chi connectivity index (χ2n) is 8.05. The van der Waals surface area contributed by atoms with E-state index in [0.29, 0.717) is 0 Å². The molecule has 0 amide bonds. The van der Waals surface area contributed by atoms with Crippen molar-refractivity contribution in [2.75, 3.05) is 14.2 Å². The van der Waals surface area contributed by atoms with E-state index in [1.807, 2.05) is 24.3 Å². The molecule has 0 unspecified atom stereocenters. The summed E-state index contributed by atoms with van der Waals surface area (Å²) in [5.41, 5.74) is 4.59. The summed E-state index contributed by atoms with van der Waals surface area (Å²) in [6.07, 6.45) is 0. The summed E-state index contributed by atoms with van der Waals surface area (Å²) in [7, 11) is 3.46. The Hall–Kier alpha value is -4.04. The van der Waals surface area contributed by atoms with Crippen LogP contribution in [0.2, 0.25) is 0 Å². The van der Waals surface area contributed by atoms with Gasteiger partial charge in [-0.25, -0.2) is 0 Å². The Morgan fingerprint density at radius 3 is 1.25 bits per heavy atom. The van der Waals surface area contributed by atoms with Gasteiger partial charge in [-0.2, -0.15) is 0 Å². The van der Waals surface area contributed by atoms with Gasteiger partial charge in [-0.1, -0.05) is 84.9 Å². The van der Waals surface area contributed by atoms with Crippen molar-refractivity contribution in [2.45, 2.75) is 0 Å². The maximum Gasteiger partial charge on any atom is 0.126 e. The van der Waals surface area contributed by atoms with E-state index in [1.54, 1.807) is 14.2 Å². The van der Waals surface area contributed by atoms with Gasteiger partial charge in [-0.15, -0.1) is 0 Å². The van der Waals surface area contributed by atoms with Gasteiger partial charge in [0.25, 0.3) is 0 Å². The zero-order valence-corrected chi connectivity index (χ0v) is 18.1. The third-order valence-corrected chi connectivity index (χ3v) is 6.46. The Kier molecular flexibility index (Phi) is 4.26. The molecule has 0 N–H and O–H groups in total. The zero-order chi connectivity index (χ0) is 21.7. The second-order valence-corrected chi connectivity index (χ2v) is 8.05. The van der Waals surface area contributed by atoms with Crippen LogP contribution in [-0.4, -0.2) is 14.2 Å². The number of benzene rings is 6. The van der Waals surface area contributed by atoms with Crippen LogP contribution in [0.25, 0.3) is 54.6 Å². The lowest BCUT2D eigenvalue weighted by atomic mass is 9.87. The fourth-order valence-electron chi connectivity index (χ4n) is 5.01. The lowest BCUT2D eigenvalue weighted by molar-refractivity contribution is 0.416. The molecule has 0 saturated heterocycles. The Balaban J connectivity index is 1.73. The normalized spacial score (nSPS) is 11.4. The Labute approximate surface area is 187 Å². The molecule has 0 aromatic heterocycles. The first kappa shape index (κ1) is 18.7. The number of ether oxygens (including phenoxy) is 2. The Morgan fingerprint density at radius 2 is 0.812 bits per heavy atom. The molecule has 0 aliphatic carbocycles. The van der Waals surface area contributed by atoms with Gasteiger partial charge < -0.3 is 9.47 Å². The van der Waals surface area contributed by atoms with Crippen LogP contribution < -0.4 is 9.47 Å². The third kappa shape index (κ3) is 2.66. The molecule has 2 heteroatoms. The molecule has 0 atom stereocenters. The minimum absolute atomic E-state index is 0.886. The van der Waals surface area contributed by atoms with Crippen LogP contribution >= 0.6 is 0 Å². The van der Waals surface area contributed by atoms with Gasteiger partial charge in [0.05, 0.1) is 14.2 Å². The van der Waals surface area contributed by atoms with Gasteiger partial charge in [0, 0.05) is 11.1 Å². The summed E-state index contributed by atoms with van der Waals surface area (Å²) in [5.74, 6) is 1.77. The molecule has 154 valence electrons. The molecule has 6 aromatic rings. The monoisotopic (exact) mass is 414 g/mol. The quantitative estimate of drug-likeness (QED) is 0.273. The molecule has 0 aliphatic rings. The van der Waals surface area contributed by atoms with Crippen molar-refractivity contribution in [2.24, 2.45) is 0 Å². The third-order valence-electron chi connectivity index (χ3n) is 6.46. The van der Waals surface area contributed by atoms with E-state index in [1.165, 1.54) is 43.4 Å². The first-order valence-electron chi connectivity index (χ1n) is 10.8. The standard InChI is InChI=1S/C30H22O2/c1-31-27-9-5-3-7-23(27)21-15-11-19-14-18-26-22(24-8-4-6-10-28(24)32-2)16-12-20-13-17-25(21)29(19)30(20)26/h3-18H,1-2H3.